The van der Waals surface area contributed by atoms with Crippen molar-refractivity contribution in [1.29, 1.82) is 0 Å². The van der Waals surface area contributed by atoms with Crippen LogP contribution in [0, 0.1) is 0 Å². The van der Waals surface area contributed by atoms with Crippen LogP contribution in [0.4, 0.5) is 5.69 Å². The molecule has 0 aliphatic rings. The molecular weight excluding hydrogens is 432 g/mol. The van der Waals surface area contributed by atoms with Gasteiger partial charge >= 0.3 is 0 Å². The quantitative estimate of drug-likeness (QED) is 0.270. The molecule has 2 aromatic rings. The molecule has 2 rings (SSSR count). The van der Waals surface area contributed by atoms with Crippen LogP contribution in [0.3, 0.4) is 0 Å². The third-order valence-electron chi connectivity index (χ3n) is 4.42. The zero-order valence-corrected chi connectivity index (χ0v) is 19.0. The number of amides is 1. The van der Waals surface area contributed by atoms with E-state index in [-0.39, 0.29) is 30.4 Å². The van der Waals surface area contributed by atoms with Gasteiger partial charge in [0.2, 0.25) is 15.9 Å². The molecule has 0 aliphatic carbocycles. The highest BCUT2D eigenvalue weighted by Crippen LogP contribution is 2.28. The summed E-state index contributed by atoms with van der Waals surface area (Å²) in [5.74, 6) is 0.574. The summed E-state index contributed by atoms with van der Waals surface area (Å²) in [5, 5.41) is 2.77. The van der Waals surface area contributed by atoms with E-state index in [4.69, 9.17) is 9.47 Å². The van der Waals surface area contributed by atoms with Crippen molar-refractivity contribution in [2.45, 2.75) is 25.5 Å². The molecule has 8 nitrogen and oxygen atoms in total. The first-order valence-electron chi connectivity index (χ1n) is 10.0. The topological polar surface area (TPSA) is 111 Å². The van der Waals surface area contributed by atoms with Crippen LogP contribution in [0.25, 0.3) is 0 Å². The number of hydrogen-bond acceptors (Lipinski definition) is 6. The molecule has 0 bridgehead atoms. The summed E-state index contributed by atoms with van der Waals surface area (Å²) in [4.78, 5) is 23.6. The largest absolute Gasteiger partial charge is 0.493 e. The summed E-state index contributed by atoms with van der Waals surface area (Å²) in [6.45, 7) is 5.43. The number of sulfonamides is 1. The van der Waals surface area contributed by atoms with Gasteiger partial charge in [-0.1, -0.05) is 18.2 Å². The average molecular weight is 461 g/mol. The lowest BCUT2D eigenvalue weighted by Crippen LogP contribution is -2.25. The molecule has 0 saturated heterocycles. The van der Waals surface area contributed by atoms with Gasteiger partial charge in [-0.05, 0) is 49.2 Å². The van der Waals surface area contributed by atoms with E-state index >= 15 is 0 Å². The van der Waals surface area contributed by atoms with Crippen molar-refractivity contribution >= 4 is 27.4 Å². The van der Waals surface area contributed by atoms with Crippen molar-refractivity contribution in [3.63, 3.8) is 0 Å². The minimum absolute atomic E-state index is 0.0643. The molecule has 9 heteroatoms. The first-order chi connectivity index (χ1) is 15.2. The van der Waals surface area contributed by atoms with E-state index in [0.29, 0.717) is 41.3 Å². The standard InChI is InChI=1S/C23H28N2O6S/c1-4-13-24-32(28,29)16-18-7-10-20(11-8-18)25-23(27)6-5-14-31-21-12-9-19(17(2)26)15-22(21)30-3/h4,7-12,15,24H,1,5-6,13-14,16H2,2-3H3,(H,25,27). The summed E-state index contributed by atoms with van der Waals surface area (Å²) in [7, 11) is -1.93. The van der Waals surface area contributed by atoms with Gasteiger partial charge in [0, 0.05) is 24.2 Å². The second kappa shape index (κ2) is 12.0. The van der Waals surface area contributed by atoms with Crippen LogP contribution in [-0.2, 0) is 20.6 Å². The zero-order chi connectivity index (χ0) is 23.6. The molecule has 2 aromatic carbocycles. The molecule has 0 aliphatic heterocycles. The third kappa shape index (κ3) is 8.16. The number of ketones is 1. The Morgan fingerprint density at radius 3 is 2.44 bits per heavy atom. The van der Waals surface area contributed by atoms with Crippen LogP contribution in [-0.4, -0.2) is 40.4 Å². The highest BCUT2D eigenvalue weighted by Gasteiger charge is 2.11. The molecule has 172 valence electrons. The van der Waals surface area contributed by atoms with Crippen LogP contribution in [0.15, 0.2) is 55.1 Å². The molecule has 0 fully saturated rings. The van der Waals surface area contributed by atoms with Crippen LogP contribution in [0.2, 0.25) is 0 Å². The van der Waals surface area contributed by atoms with Crippen LogP contribution < -0.4 is 19.5 Å². The summed E-state index contributed by atoms with van der Waals surface area (Å²) in [5.41, 5.74) is 1.72. The van der Waals surface area contributed by atoms with Gasteiger partial charge in [-0.3, -0.25) is 9.59 Å². The molecule has 1 amide bonds. The number of benzene rings is 2. The van der Waals surface area contributed by atoms with Crippen LogP contribution in [0.5, 0.6) is 11.5 Å². The molecule has 0 spiro atoms. The van der Waals surface area contributed by atoms with Gasteiger partial charge in [-0.25, -0.2) is 13.1 Å². The molecule has 2 N–H and O–H groups in total. The fourth-order valence-electron chi connectivity index (χ4n) is 2.78. The van der Waals surface area contributed by atoms with Gasteiger partial charge < -0.3 is 14.8 Å². The van der Waals surface area contributed by atoms with Crippen molar-refractivity contribution < 1.29 is 27.5 Å². The second-order valence-corrected chi connectivity index (χ2v) is 8.82. The summed E-state index contributed by atoms with van der Waals surface area (Å²) < 4.78 is 37.1. The minimum Gasteiger partial charge on any atom is -0.493 e. The Hall–Kier alpha value is -3.17. The van der Waals surface area contributed by atoms with E-state index in [9.17, 15) is 18.0 Å². The maximum atomic E-state index is 12.2. The number of carbonyl (C=O) groups excluding carboxylic acids is 2. The Morgan fingerprint density at radius 1 is 1.09 bits per heavy atom. The summed E-state index contributed by atoms with van der Waals surface area (Å²) in [6, 6.07) is 11.6. The van der Waals surface area contributed by atoms with Gasteiger partial charge in [0.05, 0.1) is 19.5 Å². The van der Waals surface area contributed by atoms with E-state index < -0.39 is 10.0 Å². The van der Waals surface area contributed by atoms with E-state index in [1.165, 1.54) is 20.1 Å². The Kier molecular flexibility index (Phi) is 9.42. The molecule has 32 heavy (non-hydrogen) atoms. The fourth-order valence-corrected chi connectivity index (χ4v) is 3.89. The minimum atomic E-state index is -3.43. The Labute approximate surface area is 188 Å². The van der Waals surface area contributed by atoms with Crippen LogP contribution >= 0.6 is 0 Å². The number of Topliss-reactive ketones (excluding diaryl/α,β-unsaturated/α-hetero) is 1. The fraction of sp³-hybridized carbons (Fsp3) is 0.304. The van der Waals surface area contributed by atoms with Crippen molar-refractivity contribution in [2.24, 2.45) is 0 Å². The Morgan fingerprint density at radius 2 is 1.81 bits per heavy atom. The van der Waals surface area contributed by atoms with E-state index in [2.05, 4.69) is 16.6 Å². The van der Waals surface area contributed by atoms with Gasteiger partial charge in [-0.2, -0.15) is 0 Å². The van der Waals surface area contributed by atoms with Crippen molar-refractivity contribution in [3.8, 4) is 11.5 Å². The lowest BCUT2D eigenvalue weighted by atomic mass is 10.1. The highest BCUT2D eigenvalue weighted by molar-refractivity contribution is 7.88. The number of nitrogens with one attached hydrogen (secondary N) is 2. The molecule has 0 unspecified atom stereocenters. The molecule has 0 heterocycles. The van der Waals surface area contributed by atoms with Gasteiger partial charge in [0.15, 0.2) is 17.3 Å². The van der Waals surface area contributed by atoms with Crippen molar-refractivity contribution in [1.82, 2.24) is 4.72 Å². The molecule has 0 saturated carbocycles. The molecular formula is C23H28N2O6S. The number of carbonyl (C=O) groups is 2. The zero-order valence-electron chi connectivity index (χ0n) is 18.2. The first kappa shape index (κ1) is 25.1. The SMILES string of the molecule is C=CCNS(=O)(=O)Cc1ccc(NC(=O)CCCOc2ccc(C(C)=O)cc2OC)cc1. The van der Waals surface area contributed by atoms with E-state index in [1.54, 1.807) is 42.5 Å². The molecule has 0 atom stereocenters. The van der Waals surface area contributed by atoms with Crippen molar-refractivity contribution in [3.05, 3.63) is 66.2 Å². The predicted octanol–water partition coefficient (Wildman–Crippen LogP) is 3.30. The number of anilines is 1. The number of rotatable bonds is 13. The summed E-state index contributed by atoms with van der Waals surface area (Å²) in [6.07, 6.45) is 2.20. The van der Waals surface area contributed by atoms with Crippen LogP contribution in [0.1, 0.15) is 35.7 Å². The lowest BCUT2D eigenvalue weighted by molar-refractivity contribution is -0.116. The predicted molar refractivity (Wildman–Crippen MR) is 124 cm³/mol. The number of hydrogen-bond donors (Lipinski definition) is 2. The van der Waals surface area contributed by atoms with E-state index in [0.717, 1.165) is 0 Å². The normalized spacial score (nSPS) is 10.9. The first-order valence-corrected chi connectivity index (χ1v) is 11.7. The monoisotopic (exact) mass is 460 g/mol. The Bertz CT molecular complexity index is 1050. The van der Waals surface area contributed by atoms with Crippen molar-refractivity contribution in [2.75, 3.05) is 25.6 Å². The van der Waals surface area contributed by atoms with Gasteiger partial charge in [-0.15, -0.1) is 6.58 Å². The average Bonchev–Trinajstić information content (AvgIpc) is 2.76. The second-order valence-electron chi connectivity index (χ2n) is 7.02. The van der Waals surface area contributed by atoms with Gasteiger partial charge in [0.25, 0.3) is 0 Å². The number of ether oxygens (including phenoxy) is 2. The highest BCUT2D eigenvalue weighted by atomic mass is 32.2. The summed E-state index contributed by atoms with van der Waals surface area (Å²) >= 11 is 0. The molecule has 0 aromatic heterocycles. The van der Waals surface area contributed by atoms with E-state index in [1.807, 2.05) is 0 Å². The lowest BCUT2D eigenvalue weighted by Gasteiger charge is -2.11. The maximum Gasteiger partial charge on any atom is 0.224 e. The maximum absolute atomic E-state index is 12.2. The molecule has 0 radical (unpaired) electrons. The third-order valence-corrected chi connectivity index (χ3v) is 5.74. The van der Waals surface area contributed by atoms with Gasteiger partial charge in [0.1, 0.15) is 0 Å². The smallest absolute Gasteiger partial charge is 0.224 e. The Balaban J connectivity index is 1.79. The number of methoxy groups -OCH3 is 1.